The molecule has 0 spiro atoms. The van der Waals surface area contributed by atoms with Gasteiger partial charge in [-0.15, -0.1) is 0 Å². The van der Waals surface area contributed by atoms with E-state index in [1.165, 1.54) is 19.3 Å². The van der Waals surface area contributed by atoms with Crippen LogP contribution < -0.4 is 10.2 Å². The Morgan fingerprint density at radius 3 is 2.15 bits per heavy atom. The van der Waals surface area contributed by atoms with Gasteiger partial charge < -0.3 is 10.2 Å². The molecule has 0 aliphatic heterocycles. The molecule has 0 aliphatic carbocycles. The SMILES string of the molecule is CCN(CC)c1c(NCCCCC(C)(C)C)c(=S)c1=S.[HH]. The zero-order chi connectivity index (χ0) is 15.3. The molecule has 0 unspecified atom stereocenters. The normalized spacial score (nSPS) is 11.8. The van der Waals surface area contributed by atoms with E-state index in [2.05, 4.69) is 44.8 Å². The highest BCUT2D eigenvalue weighted by molar-refractivity contribution is 7.74. The van der Waals surface area contributed by atoms with Gasteiger partial charge in [-0.1, -0.05) is 51.6 Å². The van der Waals surface area contributed by atoms with E-state index in [4.69, 9.17) is 24.4 Å². The first-order valence-electron chi connectivity index (χ1n) is 7.64. The molecule has 0 saturated carbocycles. The van der Waals surface area contributed by atoms with E-state index in [0.29, 0.717) is 5.41 Å². The van der Waals surface area contributed by atoms with Crippen molar-refractivity contribution in [1.82, 2.24) is 0 Å². The topological polar surface area (TPSA) is 15.3 Å². The molecule has 0 saturated heterocycles. The van der Waals surface area contributed by atoms with Crippen LogP contribution in [-0.2, 0) is 0 Å². The molecule has 0 aromatic heterocycles. The molecule has 0 radical (unpaired) electrons. The molecule has 0 fully saturated rings. The third-order valence-corrected chi connectivity index (χ3v) is 4.56. The van der Waals surface area contributed by atoms with Gasteiger partial charge in [0.25, 0.3) is 0 Å². The molecular formula is C16H30N2S2. The summed E-state index contributed by atoms with van der Waals surface area (Å²) in [5, 5.41) is 3.49. The Hall–Kier alpha value is -0.480. The minimum absolute atomic E-state index is 0. The summed E-state index contributed by atoms with van der Waals surface area (Å²) in [6, 6.07) is 0. The van der Waals surface area contributed by atoms with Crippen LogP contribution in [0.5, 0.6) is 0 Å². The standard InChI is InChI=1S/C16H28N2S2.H2/c1-6-18(7-2)13-12(14(19)15(13)20)17-11-9-8-10-16(3,4)5;/h17H,6-11H2,1-5H3;1H. The number of unbranched alkanes of at least 4 members (excludes halogenated alkanes) is 1. The quantitative estimate of drug-likeness (QED) is 0.486. The fourth-order valence-corrected chi connectivity index (χ4v) is 2.98. The van der Waals surface area contributed by atoms with Gasteiger partial charge in [-0.3, -0.25) is 0 Å². The van der Waals surface area contributed by atoms with Crippen molar-refractivity contribution in [2.75, 3.05) is 29.9 Å². The predicted octanol–water partition coefficient (Wildman–Crippen LogP) is 5.74. The van der Waals surface area contributed by atoms with Crippen molar-refractivity contribution in [3.8, 4) is 0 Å². The maximum atomic E-state index is 5.38. The number of nitrogens with zero attached hydrogens (tertiary/aromatic N) is 1. The number of hydrogen-bond donors (Lipinski definition) is 1. The van der Waals surface area contributed by atoms with E-state index in [1.807, 2.05) is 0 Å². The maximum Gasteiger partial charge on any atom is 0.0834 e. The van der Waals surface area contributed by atoms with E-state index in [9.17, 15) is 0 Å². The van der Waals surface area contributed by atoms with Crippen LogP contribution in [0.3, 0.4) is 0 Å². The lowest BCUT2D eigenvalue weighted by atomic mass is 9.90. The van der Waals surface area contributed by atoms with E-state index in [1.54, 1.807) is 0 Å². The van der Waals surface area contributed by atoms with E-state index >= 15 is 0 Å². The molecule has 2 nitrogen and oxygen atoms in total. The van der Waals surface area contributed by atoms with Crippen LogP contribution in [0, 0.1) is 14.4 Å². The molecule has 0 bridgehead atoms. The van der Waals surface area contributed by atoms with Crippen molar-refractivity contribution in [3.05, 3.63) is 9.02 Å². The van der Waals surface area contributed by atoms with Crippen LogP contribution in [0.1, 0.15) is 55.3 Å². The zero-order valence-electron chi connectivity index (χ0n) is 13.5. The Morgan fingerprint density at radius 2 is 1.65 bits per heavy atom. The summed E-state index contributed by atoms with van der Waals surface area (Å²) in [4.78, 5) is 2.29. The lowest BCUT2D eigenvalue weighted by molar-refractivity contribution is 0.362. The number of rotatable bonds is 8. The Morgan fingerprint density at radius 1 is 1.05 bits per heavy atom. The monoisotopic (exact) mass is 314 g/mol. The molecule has 20 heavy (non-hydrogen) atoms. The molecule has 1 N–H and O–H groups in total. The fourth-order valence-electron chi connectivity index (χ4n) is 2.38. The number of nitrogens with one attached hydrogen (secondary N) is 1. The average molecular weight is 315 g/mol. The Labute approximate surface area is 135 Å². The summed E-state index contributed by atoms with van der Waals surface area (Å²) in [6.45, 7) is 14.1. The van der Waals surface area contributed by atoms with Gasteiger partial charge in [-0.2, -0.15) is 0 Å². The summed E-state index contributed by atoms with van der Waals surface area (Å²) < 4.78 is 1.71. The van der Waals surface area contributed by atoms with Crippen LogP contribution >= 0.6 is 24.4 Å². The van der Waals surface area contributed by atoms with Gasteiger partial charge >= 0.3 is 0 Å². The van der Waals surface area contributed by atoms with Crippen molar-refractivity contribution >= 4 is 35.8 Å². The van der Waals surface area contributed by atoms with E-state index in [0.717, 1.165) is 40.0 Å². The van der Waals surface area contributed by atoms with Crippen molar-refractivity contribution in [2.45, 2.75) is 53.9 Å². The van der Waals surface area contributed by atoms with Crippen LogP contribution in [0.25, 0.3) is 0 Å². The van der Waals surface area contributed by atoms with Gasteiger partial charge in [0.05, 0.1) is 20.4 Å². The van der Waals surface area contributed by atoms with Gasteiger partial charge in [0.2, 0.25) is 0 Å². The molecule has 1 aromatic carbocycles. The number of anilines is 2. The van der Waals surface area contributed by atoms with Crippen LogP contribution in [0.15, 0.2) is 0 Å². The minimum atomic E-state index is 0. The number of hydrogen-bond acceptors (Lipinski definition) is 4. The minimum Gasteiger partial charge on any atom is -0.382 e. The van der Waals surface area contributed by atoms with E-state index < -0.39 is 0 Å². The molecule has 0 atom stereocenters. The predicted molar refractivity (Wildman–Crippen MR) is 98.0 cm³/mol. The third kappa shape index (κ3) is 4.52. The summed E-state index contributed by atoms with van der Waals surface area (Å²) >= 11 is 10.8. The first-order chi connectivity index (χ1) is 9.31. The average Bonchev–Trinajstić information content (AvgIpc) is 2.39. The second-order valence-electron chi connectivity index (χ2n) is 6.50. The molecular weight excluding hydrogens is 284 g/mol. The Bertz CT molecular complexity index is 495. The highest BCUT2D eigenvalue weighted by Gasteiger charge is 2.18. The van der Waals surface area contributed by atoms with Gasteiger partial charge in [0.15, 0.2) is 0 Å². The van der Waals surface area contributed by atoms with Gasteiger partial charge in [0, 0.05) is 21.1 Å². The summed E-state index contributed by atoms with van der Waals surface area (Å²) in [7, 11) is 0. The third-order valence-electron chi connectivity index (χ3n) is 3.62. The maximum absolute atomic E-state index is 5.38. The van der Waals surface area contributed by atoms with Crippen LogP contribution in [0.4, 0.5) is 11.4 Å². The Kier molecular flexibility index (Phi) is 6.59. The summed E-state index contributed by atoms with van der Waals surface area (Å²) in [6.07, 6.45) is 3.70. The van der Waals surface area contributed by atoms with Crippen molar-refractivity contribution < 1.29 is 1.43 Å². The fraction of sp³-hybridized carbons (Fsp3) is 0.750. The molecule has 0 aliphatic rings. The first-order valence-corrected chi connectivity index (χ1v) is 8.45. The summed E-state index contributed by atoms with van der Waals surface area (Å²) in [5.41, 5.74) is 2.69. The van der Waals surface area contributed by atoms with Crippen LogP contribution in [-0.4, -0.2) is 19.6 Å². The first kappa shape index (κ1) is 17.6. The molecule has 1 rings (SSSR count). The van der Waals surface area contributed by atoms with Crippen molar-refractivity contribution in [1.29, 1.82) is 0 Å². The van der Waals surface area contributed by atoms with Crippen LogP contribution in [0.2, 0.25) is 0 Å². The largest absolute Gasteiger partial charge is 0.382 e. The molecule has 0 heterocycles. The molecule has 4 heteroatoms. The van der Waals surface area contributed by atoms with Gasteiger partial charge in [-0.25, -0.2) is 0 Å². The Balaban J connectivity index is 0.00000400. The second-order valence-corrected chi connectivity index (χ2v) is 7.32. The smallest absolute Gasteiger partial charge is 0.0834 e. The van der Waals surface area contributed by atoms with Gasteiger partial charge in [0.1, 0.15) is 0 Å². The van der Waals surface area contributed by atoms with E-state index in [-0.39, 0.29) is 1.43 Å². The van der Waals surface area contributed by atoms with Crippen molar-refractivity contribution in [2.24, 2.45) is 5.41 Å². The van der Waals surface area contributed by atoms with Gasteiger partial charge in [-0.05, 0) is 32.1 Å². The highest BCUT2D eigenvalue weighted by Crippen LogP contribution is 2.35. The second kappa shape index (κ2) is 7.51. The molecule has 116 valence electrons. The highest BCUT2D eigenvalue weighted by atomic mass is 32.1. The van der Waals surface area contributed by atoms with Crippen molar-refractivity contribution in [3.63, 3.8) is 0 Å². The molecule has 1 aromatic rings. The lowest BCUT2D eigenvalue weighted by Crippen LogP contribution is -2.25. The molecule has 0 amide bonds. The zero-order valence-corrected chi connectivity index (χ0v) is 15.1. The lowest BCUT2D eigenvalue weighted by Gasteiger charge is -2.27. The summed E-state index contributed by atoms with van der Waals surface area (Å²) in [5.74, 6) is 0.